The van der Waals surface area contributed by atoms with Crippen molar-refractivity contribution in [3.8, 4) is 0 Å². The number of ether oxygens (including phenoxy) is 4. The Hall–Kier alpha value is -2.23. The first-order valence-electron chi connectivity index (χ1n) is 13.2. The van der Waals surface area contributed by atoms with E-state index in [-0.39, 0.29) is 0 Å². The Kier molecular flexibility index (Phi) is 8.92. The Morgan fingerprint density at radius 3 is 2.30 bits per heavy atom. The number of hydrogen-bond donors (Lipinski definition) is 2. The second-order valence-corrected chi connectivity index (χ2v) is 11.1. The Labute approximate surface area is 219 Å². The van der Waals surface area contributed by atoms with E-state index in [9.17, 15) is 24.6 Å². The van der Waals surface area contributed by atoms with Crippen molar-refractivity contribution < 1.29 is 43.5 Å². The molecular formula is C28H42O9. The molecule has 2 saturated carbocycles. The van der Waals surface area contributed by atoms with Crippen LogP contribution in [0.4, 0.5) is 0 Å². The van der Waals surface area contributed by atoms with Gasteiger partial charge in [-0.15, -0.1) is 0 Å². The lowest BCUT2D eigenvalue weighted by Crippen LogP contribution is -2.56. The van der Waals surface area contributed by atoms with E-state index in [0.717, 1.165) is 5.57 Å². The Balaban J connectivity index is 2.05. The van der Waals surface area contributed by atoms with E-state index in [1.807, 2.05) is 27.7 Å². The normalized spacial score (nSPS) is 38.8. The van der Waals surface area contributed by atoms with E-state index in [1.165, 1.54) is 13.0 Å². The van der Waals surface area contributed by atoms with E-state index < -0.39 is 83.6 Å². The average Bonchev–Trinajstić information content (AvgIpc) is 3.50. The monoisotopic (exact) mass is 522 g/mol. The lowest BCUT2D eigenvalue weighted by molar-refractivity contribution is -0.170. The number of epoxide rings is 1. The molecule has 0 unspecified atom stereocenters. The summed E-state index contributed by atoms with van der Waals surface area (Å²) in [6.07, 6.45) is -2.65. The fourth-order valence-corrected chi connectivity index (χ4v) is 6.04. The number of rotatable bonds is 9. The Bertz CT molecular complexity index is 936. The van der Waals surface area contributed by atoms with Crippen molar-refractivity contribution in [2.45, 2.75) is 97.4 Å². The summed E-state index contributed by atoms with van der Waals surface area (Å²) in [6.45, 7) is 16.7. The van der Waals surface area contributed by atoms with E-state index in [0.29, 0.717) is 25.0 Å². The standard InChI is InChI=1S/C28H42O9/c1-9-13(3)11-18(30)36-25-15(5)19-21(22(24(25)32)28(8)12-34-28)20(16(6)35-17(7)29)26(23(19)31)37-27(33)14(4)10-2/h11,14,16,19-26,31-32H,5,9-10,12H2,1-4,6-8H3/b13-11+/t14-,16-,19+,20+,21+,22+,23+,24-,25+,26-,28-/m1/s1. The van der Waals surface area contributed by atoms with Gasteiger partial charge in [0.2, 0.25) is 0 Å². The molecule has 9 nitrogen and oxygen atoms in total. The maximum absolute atomic E-state index is 12.8. The van der Waals surface area contributed by atoms with Gasteiger partial charge in [0.1, 0.15) is 24.4 Å². The molecule has 3 rings (SSSR count). The van der Waals surface area contributed by atoms with Crippen LogP contribution in [0.3, 0.4) is 0 Å². The Morgan fingerprint density at radius 1 is 1.16 bits per heavy atom. The van der Waals surface area contributed by atoms with Gasteiger partial charge in [-0.05, 0) is 45.1 Å². The number of hydrogen-bond acceptors (Lipinski definition) is 9. The Morgan fingerprint density at radius 2 is 1.78 bits per heavy atom. The summed E-state index contributed by atoms with van der Waals surface area (Å²) in [6, 6.07) is 0. The third kappa shape index (κ3) is 5.78. The quantitative estimate of drug-likeness (QED) is 0.154. The number of carbonyl (C=O) groups is 3. The van der Waals surface area contributed by atoms with Gasteiger partial charge >= 0.3 is 17.9 Å². The first-order chi connectivity index (χ1) is 17.3. The first-order valence-corrected chi connectivity index (χ1v) is 13.2. The van der Waals surface area contributed by atoms with Gasteiger partial charge in [0, 0.05) is 30.8 Å². The van der Waals surface area contributed by atoms with Gasteiger partial charge in [-0.1, -0.05) is 32.9 Å². The van der Waals surface area contributed by atoms with Gasteiger partial charge in [-0.2, -0.15) is 0 Å². The summed E-state index contributed by atoms with van der Waals surface area (Å²) >= 11 is 0. The highest BCUT2D eigenvalue weighted by Crippen LogP contribution is 2.59. The molecule has 9 heteroatoms. The van der Waals surface area contributed by atoms with Crippen molar-refractivity contribution in [1.29, 1.82) is 0 Å². The van der Waals surface area contributed by atoms with Crippen LogP contribution < -0.4 is 0 Å². The summed E-state index contributed by atoms with van der Waals surface area (Å²) < 4.78 is 22.9. The minimum Gasteiger partial charge on any atom is -0.462 e. The molecule has 0 aromatic carbocycles. The molecule has 0 amide bonds. The predicted octanol–water partition coefficient (Wildman–Crippen LogP) is 2.72. The smallest absolute Gasteiger partial charge is 0.331 e. The van der Waals surface area contributed by atoms with Crippen molar-refractivity contribution in [3.63, 3.8) is 0 Å². The van der Waals surface area contributed by atoms with Crippen molar-refractivity contribution in [3.05, 3.63) is 23.8 Å². The molecular weight excluding hydrogens is 480 g/mol. The topological polar surface area (TPSA) is 132 Å². The molecule has 0 spiro atoms. The van der Waals surface area contributed by atoms with Gasteiger partial charge in [-0.25, -0.2) is 4.79 Å². The number of fused-ring (bicyclic) bond motifs is 1. The van der Waals surface area contributed by atoms with Crippen LogP contribution in [0.15, 0.2) is 23.8 Å². The highest BCUT2D eigenvalue weighted by atomic mass is 16.6. The number of aliphatic hydroxyl groups excluding tert-OH is 2. The molecule has 0 radical (unpaired) electrons. The van der Waals surface area contributed by atoms with Crippen LogP contribution in [0.1, 0.15) is 61.3 Å². The molecule has 3 fully saturated rings. The van der Waals surface area contributed by atoms with Gasteiger partial charge in [0.05, 0.1) is 24.2 Å². The number of esters is 3. The fraction of sp³-hybridized carbons (Fsp3) is 0.750. The van der Waals surface area contributed by atoms with Gasteiger partial charge < -0.3 is 29.2 Å². The predicted molar refractivity (Wildman–Crippen MR) is 134 cm³/mol. The maximum Gasteiger partial charge on any atom is 0.331 e. The molecule has 0 aromatic rings. The van der Waals surface area contributed by atoms with Gasteiger partial charge in [-0.3, -0.25) is 9.59 Å². The molecule has 208 valence electrons. The fourth-order valence-electron chi connectivity index (χ4n) is 6.04. The van der Waals surface area contributed by atoms with Gasteiger partial charge in [0.25, 0.3) is 0 Å². The third-order valence-corrected chi connectivity index (χ3v) is 8.46. The molecule has 1 aliphatic heterocycles. The van der Waals surface area contributed by atoms with Crippen LogP contribution in [0, 0.1) is 29.6 Å². The highest BCUT2D eigenvalue weighted by molar-refractivity contribution is 5.83. The molecule has 1 saturated heterocycles. The minimum atomic E-state index is -1.21. The van der Waals surface area contributed by atoms with Crippen LogP contribution in [-0.4, -0.2) is 70.8 Å². The van der Waals surface area contributed by atoms with E-state index in [4.69, 9.17) is 18.9 Å². The zero-order valence-corrected chi connectivity index (χ0v) is 22.9. The van der Waals surface area contributed by atoms with Crippen LogP contribution in [0.2, 0.25) is 0 Å². The summed E-state index contributed by atoms with van der Waals surface area (Å²) in [5, 5.41) is 23.2. The van der Waals surface area contributed by atoms with Crippen LogP contribution in [0.25, 0.3) is 0 Å². The van der Waals surface area contributed by atoms with E-state index in [2.05, 4.69) is 6.58 Å². The molecule has 0 bridgehead atoms. The van der Waals surface area contributed by atoms with Crippen molar-refractivity contribution in [1.82, 2.24) is 0 Å². The lowest BCUT2D eigenvalue weighted by atomic mass is 9.61. The lowest BCUT2D eigenvalue weighted by Gasteiger charge is -2.47. The summed E-state index contributed by atoms with van der Waals surface area (Å²) in [4.78, 5) is 37.4. The minimum absolute atomic E-state index is 0.337. The maximum atomic E-state index is 12.8. The molecule has 0 aromatic heterocycles. The molecule has 1 heterocycles. The first kappa shape index (κ1) is 29.3. The zero-order valence-electron chi connectivity index (χ0n) is 22.9. The number of allylic oxidation sites excluding steroid dienone is 1. The highest BCUT2D eigenvalue weighted by Gasteiger charge is 2.68. The zero-order chi connectivity index (χ0) is 27.8. The SMILES string of the molecule is C=C1[C@@H]2[C@H](O)[C@H](OC(=O)[C@H](C)CC)[C@@H]([C@@H](C)OC(C)=O)[C@H]2[C@H]([C@@]2(C)CO2)[C@@H](O)[C@H]1OC(=O)/C=C(\C)CC. The average molecular weight is 523 g/mol. The van der Waals surface area contributed by atoms with Crippen LogP contribution in [0.5, 0.6) is 0 Å². The molecule has 2 N–H and O–H groups in total. The summed E-state index contributed by atoms with van der Waals surface area (Å²) in [7, 11) is 0. The molecule has 11 atom stereocenters. The largest absolute Gasteiger partial charge is 0.462 e. The van der Waals surface area contributed by atoms with Crippen LogP contribution >= 0.6 is 0 Å². The van der Waals surface area contributed by atoms with Crippen LogP contribution in [-0.2, 0) is 33.3 Å². The third-order valence-electron chi connectivity index (χ3n) is 8.46. The van der Waals surface area contributed by atoms with E-state index >= 15 is 0 Å². The second kappa shape index (κ2) is 11.3. The number of carbonyl (C=O) groups excluding carboxylic acids is 3. The summed E-state index contributed by atoms with van der Waals surface area (Å²) in [5.74, 6) is -4.45. The van der Waals surface area contributed by atoms with E-state index in [1.54, 1.807) is 13.8 Å². The second-order valence-electron chi connectivity index (χ2n) is 11.1. The summed E-state index contributed by atoms with van der Waals surface area (Å²) in [5.41, 5.74) is 0.399. The van der Waals surface area contributed by atoms with Crippen molar-refractivity contribution in [2.24, 2.45) is 29.6 Å². The van der Waals surface area contributed by atoms with Gasteiger partial charge in [0.15, 0.2) is 0 Å². The number of aliphatic hydroxyl groups is 2. The molecule has 37 heavy (non-hydrogen) atoms. The van der Waals surface area contributed by atoms with Crippen molar-refractivity contribution in [2.75, 3.05) is 6.61 Å². The van der Waals surface area contributed by atoms with Crippen molar-refractivity contribution >= 4 is 17.9 Å². The molecule has 3 aliphatic rings. The molecule has 2 aliphatic carbocycles.